The molecule has 0 amide bonds. The average Bonchev–Trinajstić information content (AvgIpc) is 2.06. The van der Waals surface area contributed by atoms with E-state index in [-0.39, 0.29) is 17.1 Å². The van der Waals surface area contributed by atoms with E-state index in [4.69, 9.17) is 17.3 Å². The topological polar surface area (TPSA) is 26.0 Å². The van der Waals surface area contributed by atoms with Crippen LogP contribution in [0.15, 0.2) is 12.1 Å². The number of nitrogens with two attached hydrogens (primary N) is 1. The Kier molecular flexibility index (Phi) is 2.89. The molecule has 1 aromatic rings. The summed E-state index contributed by atoms with van der Waals surface area (Å²) >= 11 is 5.34. The number of alkyl halides is 4. The smallest absolute Gasteiger partial charge is 0.398 e. The van der Waals surface area contributed by atoms with Gasteiger partial charge >= 0.3 is 6.18 Å². The molecule has 0 aliphatic rings. The summed E-state index contributed by atoms with van der Waals surface area (Å²) < 4.78 is 49.3. The van der Waals surface area contributed by atoms with E-state index in [2.05, 4.69) is 0 Å². The molecular weight excluding hydrogens is 222 g/mol. The first-order valence-electron chi connectivity index (χ1n) is 3.57. The molecular formula is C8H6ClF4N. The molecule has 0 spiro atoms. The van der Waals surface area contributed by atoms with Gasteiger partial charge in [0.2, 0.25) is 0 Å². The van der Waals surface area contributed by atoms with Crippen molar-refractivity contribution in [2.45, 2.75) is 12.1 Å². The van der Waals surface area contributed by atoms with Crippen molar-refractivity contribution in [3.63, 3.8) is 0 Å². The van der Waals surface area contributed by atoms with E-state index < -0.39 is 17.6 Å². The standard InChI is InChI=1S/C8H6ClF4N/c9-3-4-1-6(10)5(2-7(4)14)8(11,12)13/h1-2H,3,14H2. The summed E-state index contributed by atoms with van der Waals surface area (Å²) in [6.07, 6.45) is -4.73. The summed E-state index contributed by atoms with van der Waals surface area (Å²) in [7, 11) is 0. The third-order valence-electron chi connectivity index (χ3n) is 1.68. The molecule has 0 unspecified atom stereocenters. The maximum absolute atomic E-state index is 12.9. The normalized spacial score (nSPS) is 11.8. The Hall–Kier alpha value is -0.970. The van der Waals surface area contributed by atoms with Crippen LogP contribution in [0.1, 0.15) is 11.1 Å². The van der Waals surface area contributed by atoms with Crippen molar-refractivity contribution in [1.29, 1.82) is 0 Å². The van der Waals surface area contributed by atoms with Gasteiger partial charge in [-0.05, 0) is 17.7 Å². The lowest BCUT2D eigenvalue weighted by molar-refractivity contribution is -0.139. The lowest BCUT2D eigenvalue weighted by atomic mass is 10.1. The number of hydrogen-bond acceptors (Lipinski definition) is 1. The van der Waals surface area contributed by atoms with Gasteiger partial charge in [0, 0.05) is 11.6 Å². The van der Waals surface area contributed by atoms with Gasteiger partial charge in [-0.15, -0.1) is 11.6 Å². The largest absolute Gasteiger partial charge is 0.419 e. The van der Waals surface area contributed by atoms with E-state index >= 15 is 0 Å². The van der Waals surface area contributed by atoms with Crippen LogP contribution in [0, 0.1) is 5.82 Å². The highest BCUT2D eigenvalue weighted by atomic mass is 35.5. The first kappa shape index (κ1) is 11.1. The van der Waals surface area contributed by atoms with Gasteiger partial charge in [0.05, 0.1) is 5.56 Å². The van der Waals surface area contributed by atoms with Crippen LogP contribution in [0.5, 0.6) is 0 Å². The zero-order chi connectivity index (χ0) is 10.9. The van der Waals surface area contributed by atoms with Crippen LogP contribution < -0.4 is 5.73 Å². The van der Waals surface area contributed by atoms with Crippen molar-refractivity contribution < 1.29 is 17.6 Å². The van der Waals surface area contributed by atoms with Gasteiger partial charge in [-0.1, -0.05) is 0 Å². The summed E-state index contributed by atoms with van der Waals surface area (Å²) in [5.74, 6) is -1.48. The average molecular weight is 228 g/mol. The fourth-order valence-corrected chi connectivity index (χ4v) is 1.20. The second-order valence-electron chi connectivity index (χ2n) is 2.66. The van der Waals surface area contributed by atoms with Crippen LogP contribution in [0.25, 0.3) is 0 Å². The van der Waals surface area contributed by atoms with Crippen molar-refractivity contribution in [3.05, 3.63) is 29.1 Å². The molecule has 2 N–H and O–H groups in total. The number of halogens is 5. The molecule has 0 aromatic heterocycles. The van der Waals surface area contributed by atoms with Crippen LogP contribution in [0.3, 0.4) is 0 Å². The van der Waals surface area contributed by atoms with Gasteiger partial charge in [-0.2, -0.15) is 13.2 Å². The number of rotatable bonds is 1. The Morgan fingerprint density at radius 3 is 2.29 bits per heavy atom. The summed E-state index contributed by atoms with van der Waals surface area (Å²) in [5.41, 5.74) is 3.87. The highest BCUT2D eigenvalue weighted by molar-refractivity contribution is 6.17. The van der Waals surface area contributed by atoms with E-state index in [1.807, 2.05) is 0 Å². The summed E-state index contributed by atoms with van der Waals surface area (Å²) in [5, 5.41) is 0. The van der Waals surface area contributed by atoms with Crippen molar-refractivity contribution in [1.82, 2.24) is 0 Å². The van der Waals surface area contributed by atoms with Gasteiger partial charge in [0.1, 0.15) is 5.82 Å². The van der Waals surface area contributed by atoms with E-state index in [1.54, 1.807) is 0 Å². The Morgan fingerprint density at radius 1 is 1.29 bits per heavy atom. The van der Waals surface area contributed by atoms with Gasteiger partial charge in [-0.25, -0.2) is 4.39 Å². The van der Waals surface area contributed by atoms with Crippen molar-refractivity contribution in [2.75, 3.05) is 5.73 Å². The third kappa shape index (κ3) is 2.09. The zero-order valence-electron chi connectivity index (χ0n) is 6.83. The molecule has 6 heteroatoms. The summed E-state index contributed by atoms with van der Waals surface area (Å²) in [6.45, 7) is 0. The molecule has 78 valence electrons. The van der Waals surface area contributed by atoms with Crippen LogP contribution in [-0.4, -0.2) is 0 Å². The molecule has 1 aromatic carbocycles. The molecule has 0 fully saturated rings. The molecule has 0 radical (unpaired) electrons. The minimum atomic E-state index is -4.73. The maximum atomic E-state index is 12.9. The number of nitrogen functional groups attached to an aromatic ring is 1. The SMILES string of the molecule is Nc1cc(C(F)(F)F)c(F)cc1CCl. The monoisotopic (exact) mass is 227 g/mol. The van der Waals surface area contributed by atoms with Crippen molar-refractivity contribution >= 4 is 17.3 Å². The molecule has 0 saturated heterocycles. The Morgan fingerprint density at radius 2 is 1.86 bits per heavy atom. The first-order valence-corrected chi connectivity index (χ1v) is 4.10. The molecule has 0 saturated carbocycles. The minimum Gasteiger partial charge on any atom is -0.398 e. The van der Waals surface area contributed by atoms with Gasteiger partial charge < -0.3 is 5.73 Å². The van der Waals surface area contributed by atoms with Crippen LogP contribution >= 0.6 is 11.6 Å². The van der Waals surface area contributed by atoms with Gasteiger partial charge in [-0.3, -0.25) is 0 Å². The number of anilines is 1. The van der Waals surface area contributed by atoms with Gasteiger partial charge in [0.25, 0.3) is 0 Å². The predicted octanol–water partition coefficient (Wildman–Crippen LogP) is 3.17. The third-order valence-corrected chi connectivity index (χ3v) is 1.97. The molecule has 1 nitrogen and oxygen atoms in total. The van der Waals surface area contributed by atoms with Crippen molar-refractivity contribution in [2.24, 2.45) is 0 Å². The quantitative estimate of drug-likeness (QED) is 0.445. The fraction of sp³-hybridized carbons (Fsp3) is 0.250. The molecule has 0 bridgehead atoms. The molecule has 0 aliphatic heterocycles. The highest BCUT2D eigenvalue weighted by Gasteiger charge is 2.34. The second kappa shape index (κ2) is 3.65. The Bertz CT molecular complexity index is 348. The summed E-state index contributed by atoms with van der Waals surface area (Å²) in [6, 6.07) is 1.25. The van der Waals surface area contributed by atoms with Crippen LogP contribution in [0.2, 0.25) is 0 Å². The predicted molar refractivity (Wildman–Crippen MR) is 45.4 cm³/mol. The second-order valence-corrected chi connectivity index (χ2v) is 2.93. The zero-order valence-corrected chi connectivity index (χ0v) is 7.58. The number of benzene rings is 1. The number of hydrogen-bond donors (Lipinski definition) is 1. The highest BCUT2D eigenvalue weighted by Crippen LogP contribution is 2.33. The lowest BCUT2D eigenvalue weighted by Crippen LogP contribution is -2.10. The Labute approximate surface area is 82.5 Å². The van der Waals surface area contributed by atoms with Crippen molar-refractivity contribution in [3.8, 4) is 0 Å². The Balaban J connectivity index is 3.29. The fourth-order valence-electron chi connectivity index (χ4n) is 0.964. The van der Waals surface area contributed by atoms with E-state index in [0.29, 0.717) is 12.1 Å². The minimum absolute atomic E-state index is 0.124. The molecule has 0 atom stereocenters. The van der Waals surface area contributed by atoms with Crippen LogP contribution in [-0.2, 0) is 12.1 Å². The first-order chi connectivity index (χ1) is 6.36. The van der Waals surface area contributed by atoms with Crippen LogP contribution in [0.4, 0.5) is 23.2 Å². The van der Waals surface area contributed by atoms with E-state index in [9.17, 15) is 17.6 Å². The van der Waals surface area contributed by atoms with E-state index in [1.165, 1.54) is 0 Å². The molecule has 0 aliphatic carbocycles. The summed E-state index contributed by atoms with van der Waals surface area (Å²) in [4.78, 5) is 0. The molecule has 0 heterocycles. The molecule has 1 rings (SSSR count). The maximum Gasteiger partial charge on any atom is 0.419 e. The van der Waals surface area contributed by atoms with E-state index in [0.717, 1.165) is 0 Å². The van der Waals surface area contributed by atoms with Gasteiger partial charge in [0.15, 0.2) is 0 Å². The lowest BCUT2D eigenvalue weighted by Gasteiger charge is -2.10. The molecule has 14 heavy (non-hydrogen) atoms.